The first-order valence-corrected chi connectivity index (χ1v) is 5.99. The summed E-state index contributed by atoms with van der Waals surface area (Å²) < 4.78 is 5.18. The van der Waals surface area contributed by atoms with E-state index in [1.807, 2.05) is 0 Å². The molecule has 90 valence electrons. The third kappa shape index (κ3) is 6.10. The summed E-state index contributed by atoms with van der Waals surface area (Å²) in [5, 5.41) is 6.83. The van der Waals surface area contributed by atoms with Gasteiger partial charge in [-0.1, -0.05) is 0 Å². The molecule has 0 aromatic rings. The van der Waals surface area contributed by atoms with Gasteiger partial charge in [-0.05, 0) is 26.4 Å². The van der Waals surface area contributed by atoms with Crippen LogP contribution < -0.4 is 10.6 Å². The maximum Gasteiger partial charge on any atom is 0.0667 e. The highest BCUT2D eigenvalue weighted by molar-refractivity contribution is 4.67. The van der Waals surface area contributed by atoms with E-state index in [1.54, 1.807) is 7.11 Å². The van der Waals surface area contributed by atoms with Crippen molar-refractivity contribution < 1.29 is 4.74 Å². The molecule has 2 N–H and O–H groups in total. The largest absolute Gasteiger partial charge is 0.380 e. The molecule has 1 rings (SSSR count). The molecule has 1 saturated heterocycles. The molecule has 1 aliphatic rings. The van der Waals surface area contributed by atoms with Crippen LogP contribution in [0.25, 0.3) is 0 Å². The van der Waals surface area contributed by atoms with Gasteiger partial charge in [-0.3, -0.25) is 0 Å². The summed E-state index contributed by atoms with van der Waals surface area (Å²) in [5.41, 5.74) is 0. The van der Waals surface area contributed by atoms with Crippen LogP contribution in [0.4, 0.5) is 0 Å². The van der Waals surface area contributed by atoms with Crippen LogP contribution in [0.1, 0.15) is 13.3 Å². The van der Waals surface area contributed by atoms with E-state index in [-0.39, 0.29) is 0 Å². The van der Waals surface area contributed by atoms with Crippen molar-refractivity contribution in [2.24, 2.45) is 0 Å². The van der Waals surface area contributed by atoms with Crippen LogP contribution in [0.2, 0.25) is 0 Å². The second-order valence-electron chi connectivity index (χ2n) is 4.20. The molecule has 1 atom stereocenters. The Morgan fingerprint density at radius 2 is 2.27 bits per heavy atom. The van der Waals surface area contributed by atoms with E-state index in [1.165, 1.54) is 26.1 Å². The molecule has 0 saturated carbocycles. The van der Waals surface area contributed by atoms with Gasteiger partial charge in [-0.15, -0.1) is 0 Å². The topological polar surface area (TPSA) is 36.5 Å². The molecule has 4 heteroatoms. The smallest absolute Gasteiger partial charge is 0.0667 e. The first-order valence-electron chi connectivity index (χ1n) is 5.99. The Kier molecular flexibility index (Phi) is 6.92. The molecule has 0 bridgehead atoms. The summed E-state index contributed by atoms with van der Waals surface area (Å²) in [4.78, 5) is 2.52. The lowest BCUT2D eigenvalue weighted by atomic mass is 10.3. The fraction of sp³-hybridized carbons (Fsp3) is 1.00. The maximum atomic E-state index is 5.18. The molecule has 4 nitrogen and oxygen atoms in total. The number of methoxy groups -OCH3 is 1. The summed E-state index contributed by atoms with van der Waals surface area (Å²) in [7, 11) is 1.76. The summed E-state index contributed by atoms with van der Waals surface area (Å²) in [6.07, 6.45) is 1.59. The van der Waals surface area contributed by atoms with Gasteiger partial charge >= 0.3 is 0 Å². The Morgan fingerprint density at radius 3 is 3.07 bits per heavy atom. The van der Waals surface area contributed by atoms with E-state index >= 15 is 0 Å². The molecule has 1 aliphatic heterocycles. The van der Waals surface area contributed by atoms with Crippen molar-refractivity contribution in [1.29, 1.82) is 0 Å². The molecule has 1 heterocycles. The fourth-order valence-electron chi connectivity index (χ4n) is 1.75. The molecule has 0 aromatic carbocycles. The van der Waals surface area contributed by atoms with E-state index in [4.69, 9.17) is 4.74 Å². The Labute approximate surface area is 93.4 Å². The predicted molar refractivity (Wildman–Crippen MR) is 63.3 cm³/mol. The zero-order chi connectivity index (χ0) is 10.9. The zero-order valence-corrected chi connectivity index (χ0v) is 10.1. The number of rotatable bonds is 6. The summed E-state index contributed by atoms with van der Waals surface area (Å²) in [6, 6.07) is 0. The van der Waals surface area contributed by atoms with Crippen LogP contribution >= 0.6 is 0 Å². The number of hydrogen-bond acceptors (Lipinski definition) is 4. The van der Waals surface area contributed by atoms with Crippen LogP contribution in [0.15, 0.2) is 0 Å². The first-order chi connectivity index (χ1) is 7.33. The van der Waals surface area contributed by atoms with E-state index in [0.29, 0.717) is 6.10 Å². The second kappa shape index (κ2) is 8.05. The van der Waals surface area contributed by atoms with Gasteiger partial charge < -0.3 is 20.3 Å². The molecule has 0 amide bonds. The van der Waals surface area contributed by atoms with Gasteiger partial charge in [0.1, 0.15) is 0 Å². The quantitative estimate of drug-likeness (QED) is 0.607. The lowest BCUT2D eigenvalue weighted by Gasteiger charge is -2.20. The highest BCUT2D eigenvalue weighted by Crippen LogP contribution is 1.93. The lowest BCUT2D eigenvalue weighted by Crippen LogP contribution is -2.36. The molecule has 1 unspecified atom stereocenters. The van der Waals surface area contributed by atoms with E-state index < -0.39 is 0 Å². The molecular formula is C11H25N3O. The Hall–Kier alpha value is -0.160. The summed E-state index contributed by atoms with van der Waals surface area (Å²) >= 11 is 0. The molecular weight excluding hydrogens is 190 g/mol. The van der Waals surface area contributed by atoms with Crippen LogP contribution in [0.5, 0.6) is 0 Å². The van der Waals surface area contributed by atoms with Gasteiger partial charge in [-0.2, -0.15) is 0 Å². The molecule has 0 radical (unpaired) electrons. The number of nitrogens with one attached hydrogen (secondary N) is 2. The Morgan fingerprint density at radius 1 is 1.40 bits per heavy atom. The van der Waals surface area contributed by atoms with E-state index in [9.17, 15) is 0 Å². The van der Waals surface area contributed by atoms with Crippen molar-refractivity contribution >= 4 is 0 Å². The highest BCUT2D eigenvalue weighted by atomic mass is 16.5. The van der Waals surface area contributed by atoms with Gasteiger partial charge in [0.25, 0.3) is 0 Å². The van der Waals surface area contributed by atoms with Gasteiger partial charge in [0.05, 0.1) is 6.10 Å². The SMILES string of the molecule is COC(C)CNCCN1CCCNCC1. The van der Waals surface area contributed by atoms with Crippen LogP contribution in [0, 0.1) is 0 Å². The third-order valence-electron chi connectivity index (χ3n) is 2.87. The average molecular weight is 215 g/mol. The molecule has 15 heavy (non-hydrogen) atoms. The van der Waals surface area contributed by atoms with Crippen LogP contribution in [-0.2, 0) is 4.74 Å². The maximum absolute atomic E-state index is 5.18. The molecule has 0 aromatic heterocycles. The van der Waals surface area contributed by atoms with Gasteiger partial charge in [0.15, 0.2) is 0 Å². The average Bonchev–Trinajstić information content (AvgIpc) is 2.52. The zero-order valence-electron chi connectivity index (χ0n) is 10.1. The lowest BCUT2D eigenvalue weighted by molar-refractivity contribution is 0.116. The normalized spacial score (nSPS) is 21.2. The van der Waals surface area contributed by atoms with E-state index in [0.717, 1.165) is 26.2 Å². The standard InChI is InChI=1S/C11H25N3O/c1-11(15-2)10-13-6-9-14-7-3-4-12-5-8-14/h11-13H,3-10H2,1-2H3. The highest BCUT2D eigenvalue weighted by Gasteiger charge is 2.07. The Balaban J connectivity index is 1.98. The van der Waals surface area contributed by atoms with Crippen molar-refractivity contribution in [3.8, 4) is 0 Å². The summed E-state index contributed by atoms with van der Waals surface area (Å²) in [5.74, 6) is 0. The van der Waals surface area contributed by atoms with Crippen LogP contribution in [-0.4, -0.2) is 63.9 Å². The minimum Gasteiger partial charge on any atom is -0.380 e. The van der Waals surface area contributed by atoms with Crippen molar-refractivity contribution in [3.05, 3.63) is 0 Å². The first kappa shape index (κ1) is 12.9. The van der Waals surface area contributed by atoms with Gasteiger partial charge in [0.2, 0.25) is 0 Å². The van der Waals surface area contributed by atoms with Crippen LogP contribution in [0.3, 0.4) is 0 Å². The van der Waals surface area contributed by atoms with Crippen molar-refractivity contribution in [3.63, 3.8) is 0 Å². The second-order valence-corrected chi connectivity index (χ2v) is 4.20. The Bertz CT molecular complexity index is 147. The van der Waals surface area contributed by atoms with E-state index in [2.05, 4.69) is 22.5 Å². The van der Waals surface area contributed by atoms with Gasteiger partial charge in [0, 0.05) is 39.8 Å². The minimum atomic E-state index is 0.316. The van der Waals surface area contributed by atoms with Gasteiger partial charge in [-0.25, -0.2) is 0 Å². The molecule has 0 aliphatic carbocycles. The summed E-state index contributed by atoms with van der Waals surface area (Å²) in [6.45, 7) is 9.96. The van der Waals surface area contributed by atoms with Crippen molar-refractivity contribution in [2.75, 3.05) is 52.9 Å². The number of hydrogen-bond donors (Lipinski definition) is 2. The van der Waals surface area contributed by atoms with Crippen molar-refractivity contribution in [1.82, 2.24) is 15.5 Å². The predicted octanol–water partition coefficient (Wildman–Crippen LogP) is -0.0938. The third-order valence-corrected chi connectivity index (χ3v) is 2.87. The fourth-order valence-corrected chi connectivity index (χ4v) is 1.75. The molecule has 0 spiro atoms. The van der Waals surface area contributed by atoms with Crippen molar-refractivity contribution in [2.45, 2.75) is 19.4 Å². The minimum absolute atomic E-state index is 0.316. The molecule has 1 fully saturated rings. The number of nitrogens with zero attached hydrogens (tertiary/aromatic N) is 1. The monoisotopic (exact) mass is 215 g/mol. The number of ether oxygens (including phenoxy) is 1.